The predicted molar refractivity (Wildman–Crippen MR) is 69.1 cm³/mol. The van der Waals surface area contributed by atoms with E-state index >= 15 is 0 Å². The first-order chi connectivity index (χ1) is 7.75. The summed E-state index contributed by atoms with van der Waals surface area (Å²) in [4.78, 5) is 13.4. The van der Waals surface area contributed by atoms with Crippen LogP contribution >= 0.6 is 23.1 Å². The van der Waals surface area contributed by atoms with Gasteiger partial charge in [-0.1, -0.05) is 0 Å². The molecule has 16 heavy (non-hydrogen) atoms. The molecule has 0 bridgehead atoms. The number of rotatable bonds is 2. The number of thiophene rings is 1. The summed E-state index contributed by atoms with van der Waals surface area (Å²) >= 11 is 3.51. The number of carbonyl (C=O) groups excluding carboxylic acids is 1. The van der Waals surface area contributed by atoms with Crippen molar-refractivity contribution >= 4 is 34.0 Å². The summed E-state index contributed by atoms with van der Waals surface area (Å²) in [6.45, 7) is 0. The molecule has 86 valence electrons. The maximum absolute atomic E-state index is 12.1. The van der Waals surface area contributed by atoms with Gasteiger partial charge in [-0.25, -0.2) is 0 Å². The smallest absolute Gasteiger partial charge is 0.254 e. The number of carbonyl (C=O) groups is 1. The van der Waals surface area contributed by atoms with Crippen molar-refractivity contribution in [3.8, 4) is 0 Å². The monoisotopic (exact) mass is 254 g/mol. The Morgan fingerprint density at radius 2 is 2.25 bits per heavy atom. The summed E-state index contributed by atoms with van der Waals surface area (Å²) < 4.78 is 0. The van der Waals surface area contributed by atoms with Gasteiger partial charge in [0.25, 0.3) is 5.91 Å². The third-order valence-corrected chi connectivity index (χ3v) is 5.22. The normalized spacial score (nSPS) is 19.2. The van der Waals surface area contributed by atoms with E-state index in [-0.39, 0.29) is 5.91 Å². The largest absolute Gasteiger partial charge is 0.390 e. The number of thioether (sulfide) groups is 1. The molecule has 0 spiro atoms. The van der Waals surface area contributed by atoms with E-state index in [9.17, 15) is 4.79 Å². The van der Waals surface area contributed by atoms with Gasteiger partial charge in [0.1, 0.15) is 0 Å². The van der Waals surface area contributed by atoms with Crippen LogP contribution in [0.15, 0.2) is 0 Å². The molecule has 3 rings (SSSR count). The number of hydrogen-bond acceptors (Lipinski definition) is 4. The van der Waals surface area contributed by atoms with Gasteiger partial charge in [-0.3, -0.25) is 4.79 Å². The Kier molecular flexibility index (Phi) is 2.59. The van der Waals surface area contributed by atoms with Crippen molar-refractivity contribution in [2.24, 2.45) is 0 Å². The Hall–Kier alpha value is -0.680. The fourth-order valence-electron chi connectivity index (χ4n) is 1.99. The van der Waals surface area contributed by atoms with Gasteiger partial charge in [-0.15, -0.1) is 11.3 Å². The average Bonchev–Trinajstić information content (AvgIpc) is 2.98. The van der Waals surface area contributed by atoms with Crippen LogP contribution in [0, 0.1) is 0 Å². The Bertz CT molecular complexity index is 437. The zero-order chi connectivity index (χ0) is 11.1. The number of nitrogens with two attached hydrogens (primary N) is 1. The molecule has 1 aromatic heterocycles. The molecular weight excluding hydrogens is 240 g/mol. The minimum Gasteiger partial charge on any atom is -0.390 e. The molecule has 0 saturated heterocycles. The fourth-order valence-corrected chi connectivity index (χ4v) is 4.24. The van der Waals surface area contributed by atoms with Gasteiger partial charge in [0, 0.05) is 16.7 Å². The van der Waals surface area contributed by atoms with Crippen molar-refractivity contribution < 1.29 is 4.79 Å². The highest BCUT2D eigenvalue weighted by molar-refractivity contribution is 7.98. The van der Waals surface area contributed by atoms with Crippen molar-refractivity contribution in [2.75, 3.05) is 11.5 Å². The summed E-state index contributed by atoms with van der Waals surface area (Å²) in [6, 6.07) is 0.403. The van der Waals surface area contributed by atoms with Crippen LogP contribution in [-0.2, 0) is 12.2 Å². The molecular formula is C11H14N2OS2. The van der Waals surface area contributed by atoms with E-state index in [0.717, 1.165) is 36.3 Å². The molecule has 0 atom stereocenters. The lowest BCUT2D eigenvalue weighted by Gasteiger charge is -2.12. The summed E-state index contributed by atoms with van der Waals surface area (Å²) in [5, 5.41) is 3.73. The summed E-state index contributed by atoms with van der Waals surface area (Å²) in [6.07, 6.45) is 3.22. The first-order valence-corrected chi connectivity index (χ1v) is 7.51. The lowest BCUT2D eigenvalue weighted by molar-refractivity contribution is 0.0951. The van der Waals surface area contributed by atoms with Crippen LogP contribution in [0.3, 0.4) is 0 Å². The second kappa shape index (κ2) is 3.96. The van der Waals surface area contributed by atoms with E-state index in [2.05, 4.69) is 5.32 Å². The van der Waals surface area contributed by atoms with Crippen LogP contribution in [0.4, 0.5) is 5.00 Å². The molecule has 2 aliphatic rings. The first kappa shape index (κ1) is 10.5. The fraction of sp³-hybridized carbons (Fsp3) is 0.545. The highest BCUT2D eigenvalue weighted by Crippen LogP contribution is 2.38. The van der Waals surface area contributed by atoms with Crippen molar-refractivity contribution in [1.82, 2.24) is 5.32 Å². The topological polar surface area (TPSA) is 55.1 Å². The van der Waals surface area contributed by atoms with Crippen molar-refractivity contribution in [3.05, 3.63) is 16.0 Å². The number of hydrogen-bond donors (Lipinski definition) is 2. The second-order valence-corrected chi connectivity index (χ2v) is 6.54. The van der Waals surface area contributed by atoms with Crippen molar-refractivity contribution in [3.63, 3.8) is 0 Å². The molecule has 5 heteroatoms. The van der Waals surface area contributed by atoms with E-state index in [0.29, 0.717) is 11.0 Å². The standard InChI is InChI=1S/C11H14N2OS2/c12-10-9(11(14)13-6-1-2-6)7-3-4-15-5-8(7)16-10/h6H,1-5,12H2,(H,13,14). The van der Waals surface area contributed by atoms with Gasteiger partial charge in [0.15, 0.2) is 0 Å². The van der Waals surface area contributed by atoms with Gasteiger partial charge in [-0.2, -0.15) is 11.8 Å². The lowest BCUT2D eigenvalue weighted by Crippen LogP contribution is -2.27. The maximum Gasteiger partial charge on any atom is 0.254 e. The van der Waals surface area contributed by atoms with Crippen molar-refractivity contribution in [2.45, 2.75) is 31.1 Å². The zero-order valence-electron chi connectivity index (χ0n) is 8.91. The number of fused-ring (bicyclic) bond motifs is 1. The molecule has 1 fully saturated rings. The molecule has 1 aromatic rings. The molecule has 0 unspecified atom stereocenters. The van der Waals surface area contributed by atoms with E-state index in [1.807, 2.05) is 11.8 Å². The van der Waals surface area contributed by atoms with Gasteiger partial charge in [0.2, 0.25) is 0 Å². The molecule has 1 amide bonds. The van der Waals surface area contributed by atoms with E-state index in [1.165, 1.54) is 10.4 Å². The van der Waals surface area contributed by atoms with Gasteiger partial charge < -0.3 is 11.1 Å². The highest BCUT2D eigenvalue weighted by Gasteiger charge is 2.28. The summed E-state index contributed by atoms with van der Waals surface area (Å²) in [5.41, 5.74) is 7.94. The van der Waals surface area contributed by atoms with Crippen LogP contribution < -0.4 is 11.1 Å². The molecule has 1 saturated carbocycles. The van der Waals surface area contributed by atoms with Gasteiger partial charge >= 0.3 is 0 Å². The predicted octanol–water partition coefficient (Wildman–Crippen LogP) is 2.01. The van der Waals surface area contributed by atoms with E-state index in [1.54, 1.807) is 11.3 Å². The van der Waals surface area contributed by atoms with Crippen LogP contribution in [0.1, 0.15) is 33.6 Å². The van der Waals surface area contributed by atoms with Crippen LogP contribution in [0.2, 0.25) is 0 Å². The van der Waals surface area contributed by atoms with Crippen LogP contribution in [0.5, 0.6) is 0 Å². The summed E-state index contributed by atoms with van der Waals surface area (Å²) in [5.74, 6) is 2.16. The number of nitrogens with one attached hydrogen (secondary N) is 1. The number of nitrogen functional groups attached to an aromatic ring is 1. The molecule has 3 nitrogen and oxygen atoms in total. The molecule has 0 radical (unpaired) electrons. The van der Waals surface area contributed by atoms with Crippen molar-refractivity contribution in [1.29, 1.82) is 0 Å². The average molecular weight is 254 g/mol. The van der Waals surface area contributed by atoms with Gasteiger partial charge in [0.05, 0.1) is 10.6 Å². The summed E-state index contributed by atoms with van der Waals surface area (Å²) in [7, 11) is 0. The Morgan fingerprint density at radius 3 is 3.00 bits per heavy atom. The zero-order valence-corrected chi connectivity index (χ0v) is 10.5. The van der Waals surface area contributed by atoms with Gasteiger partial charge in [-0.05, 0) is 30.6 Å². The highest BCUT2D eigenvalue weighted by atomic mass is 32.2. The van der Waals surface area contributed by atoms with E-state index < -0.39 is 0 Å². The second-order valence-electron chi connectivity index (χ2n) is 4.29. The Morgan fingerprint density at radius 1 is 1.44 bits per heavy atom. The molecule has 1 aliphatic carbocycles. The molecule has 3 N–H and O–H groups in total. The SMILES string of the molecule is Nc1sc2c(c1C(=O)NC1CC1)CCSC2. The minimum atomic E-state index is 0.0457. The molecule has 1 aliphatic heterocycles. The first-order valence-electron chi connectivity index (χ1n) is 5.54. The number of amides is 1. The number of anilines is 1. The third-order valence-electron chi connectivity index (χ3n) is 2.99. The third kappa shape index (κ3) is 1.82. The molecule has 2 heterocycles. The van der Waals surface area contributed by atoms with Crippen LogP contribution in [0.25, 0.3) is 0 Å². The van der Waals surface area contributed by atoms with Crippen LogP contribution in [-0.4, -0.2) is 17.7 Å². The maximum atomic E-state index is 12.1. The minimum absolute atomic E-state index is 0.0457. The quantitative estimate of drug-likeness (QED) is 0.849. The van der Waals surface area contributed by atoms with E-state index in [4.69, 9.17) is 5.73 Å². The Balaban J connectivity index is 1.91. The molecule has 0 aromatic carbocycles. The lowest BCUT2D eigenvalue weighted by atomic mass is 10.1. The Labute approximate surface area is 103 Å².